The largest absolute Gasteiger partial charge is 0.383 e. The molecule has 2 aromatic rings. The summed E-state index contributed by atoms with van der Waals surface area (Å²) in [5.74, 6) is 0. The Balaban J connectivity index is 2.33. The van der Waals surface area contributed by atoms with Crippen LogP contribution in [0, 0.1) is 6.92 Å². The van der Waals surface area contributed by atoms with Gasteiger partial charge in [-0.2, -0.15) is 0 Å². The number of benzene rings is 2. The molecule has 0 heterocycles. The minimum atomic E-state index is -0.193. The van der Waals surface area contributed by atoms with Gasteiger partial charge in [0.05, 0.1) is 18.6 Å². The van der Waals surface area contributed by atoms with Gasteiger partial charge in [-0.1, -0.05) is 42.5 Å². The predicted molar refractivity (Wildman–Crippen MR) is 81.1 cm³/mol. The zero-order chi connectivity index (χ0) is 14.2. The van der Waals surface area contributed by atoms with Crippen LogP contribution in [-0.4, -0.2) is 27.4 Å². The summed E-state index contributed by atoms with van der Waals surface area (Å²) in [5.41, 5.74) is 6.41. The maximum Gasteiger partial charge on any atom is 0.0681 e. The van der Waals surface area contributed by atoms with Gasteiger partial charge >= 0.3 is 0 Å². The minimum absolute atomic E-state index is 0.193. The van der Waals surface area contributed by atoms with Crippen molar-refractivity contribution in [2.75, 3.05) is 27.4 Å². The molecule has 0 fully saturated rings. The van der Waals surface area contributed by atoms with Gasteiger partial charge in [-0.15, -0.1) is 0 Å². The van der Waals surface area contributed by atoms with Crippen molar-refractivity contribution in [2.24, 2.45) is 0 Å². The molecule has 0 saturated carbocycles. The number of methoxy groups -OCH3 is 2. The molecule has 2 aromatic carbocycles. The van der Waals surface area contributed by atoms with Gasteiger partial charge in [0.1, 0.15) is 0 Å². The topological polar surface area (TPSA) is 18.5 Å². The van der Waals surface area contributed by atoms with E-state index in [1.54, 1.807) is 14.2 Å². The van der Waals surface area contributed by atoms with Crippen LogP contribution in [0.3, 0.4) is 0 Å². The second-order valence-electron chi connectivity index (χ2n) is 5.49. The van der Waals surface area contributed by atoms with E-state index in [0.717, 1.165) is 0 Å². The third kappa shape index (κ3) is 1.72. The molecule has 0 spiro atoms. The summed E-state index contributed by atoms with van der Waals surface area (Å²) in [6, 6.07) is 15.1. The molecule has 0 saturated heterocycles. The van der Waals surface area contributed by atoms with Crippen molar-refractivity contribution in [1.29, 1.82) is 0 Å². The van der Waals surface area contributed by atoms with Crippen LogP contribution in [-0.2, 0) is 14.9 Å². The van der Waals surface area contributed by atoms with Crippen LogP contribution in [0.2, 0.25) is 0 Å². The maximum absolute atomic E-state index is 5.56. The van der Waals surface area contributed by atoms with Gasteiger partial charge in [-0.05, 0) is 34.7 Å². The summed E-state index contributed by atoms with van der Waals surface area (Å²) in [6.45, 7) is 3.44. The molecule has 0 radical (unpaired) electrons. The summed E-state index contributed by atoms with van der Waals surface area (Å²) in [5, 5.41) is 0. The molecule has 1 aliphatic carbocycles. The van der Waals surface area contributed by atoms with E-state index in [1.807, 2.05) is 0 Å². The Kier molecular flexibility index (Phi) is 3.36. The standard InChI is InChI=1S/C18H20O2/c1-13-7-6-10-16-17(13)14-8-4-5-9-15(14)18(16,11-19-2)12-20-3/h4-10H,11-12H2,1-3H3. The normalized spacial score (nSPS) is 14.9. The SMILES string of the molecule is COCC1(COC)c2ccccc2-c2c(C)cccc21. The lowest BCUT2D eigenvalue weighted by Crippen LogP contribution is -2.35. The number of rotatable bonds is 4. The van der Waals surface area contributed by atoms with Gasteiger partial charge in [0, 0.05) is 14.2 Å². The van der Waals surface area contributed by atoms with E-state index in [4.69, 9.17) is 9.47 Å². The molecule has 1 aliphatic rings. The van der Waals surface area contributed by atoms with Gasteiger partial charge in [0.15, 0.2) is 0 Å². The number of hydrogen-bond donors (Lipinski definition) is 0. The molecule has 0 amide bonds. The molecule has 104 valence electrons. The van der Waals surface area contributed by atoms with Crippen LogP contribution in [0.5, 0.6) is 0 Å². The van der Waals surface area contributed by atoms with E-state index >= 15 is 0 Å². The van der Waals surface area contributed by atoms with E-state index in [0.29, 0.717) is 13.2 Å². The smallest absolute Gasteiger partial charge is 0.0681 e. The third-order valence-corrected chi connectivity index (χ3v) is 4.28. The van der Waals surface area contributed by atoms with Crippen LogP contribution < -0.4 is 0 Å². The lowest BCUT2D eigenvalue weighted by Gasteiger charge is -2.30. The van der Waals surface area contributed by atoms with Gasteiger partial charge in [-0.25, -0.2) is 0 Å². The molecule has 0 N–H and O–H groups in total. The highest BCUT2D eigenvalue weighted by Crippen LogP contribution is 2.50. The number of hydrogen-bond acceptors (Lipinski definition) is 2. The Hall–Kier alpha value is -1.64. The van der Waals surface area contributed by atoms with Crippen molar-refractivity contribution < 1.29 is 9.47 Å². The monoisotopic (exact) mass is 268 g/mol. The summed E-state index contributed by atoms with van der Waals surface area (Å²) in [7, 11) is 3.52. The van der Waals surface area contributed by atoms with Gasteiger partial charge in [-0.3, -0.25) is 0 Å². The van der Waals surface area contributed by atoms with Crippen LogP contribution in [0.1, 0.15) is 16.7 Å². The van der Waals surface area contributed by atoms with Gasteiger partial charge in [0.2, 0.25) is 0 Å². The highest BCUT2D eigenvalue weighted by atomic mass is 16.5. The lowest BCUT2D eigenvalue weighted by atomic mass is 9.79. The summed E-state index contributed by atoms with van der Waals surface area (Å²) in [6.07, 6.45) is 0. The van der Waals surface area contributed by atoms with Crippen molar-refractivity contribution in [3.05, 3.63) is 59.2 Å². The zero-order valence-electron chi connectivity index (χ0n) is 12.3. The molecule has 2 nitrogen and oxygen atoms in total. The average Bonchev–Trinajstić information content (AvgIpc) is 2.73. The van der Waals surface area contributed by atoms with E-state index in [2.05, 4.69) is 49.4 Å². The van der Waals surface area contributed by atoms with Crippen molar-refractivity contribution in [3.8, 4) is 11.1 Å². The van der Waals surface area contributed by atoms with Crippen molar-refractivity contribution >= 4 is 0 Å². The maximum atomic E-state index is 5.56. The minimum Gasteiger partial charge on any atom is -0.383 e. The van der Waals surface area contributed by atoms with Crippen molar-refractivity contribution in [3.63, 3.8) is 0 Å². The summed E-state index contributed by atoms with van der Waals surface area (Å²) >= 11 is 0. The number of ether oxygens (including phenoxy) is 2. The van der Waals surface area contributed by atoms with Gasteiger partial charge in [0.25, 0.3) is 0 Å². The molecule has 0 atom stereocenters. The van der Waals surface area contributed by atoms with E-state index < -0.39 is 0 Å². The number of fused-ring (bicyclic) bond motifs is 3. The fourth-order valence-corrected chi connectivity index (χ4v) is 3.53. The summed E-state index contributed by atoms with van der Waals surface area (Å²) in [4.78, 5) is 0. The second kappa shape index (κ2) is 5.04. The van der Waals surface area contributed by atoms with Crippen LogP contribution in [0.25, 0.3) is 11.1 Å². The third-order valence-electron chi connectivity index (χ3n) is 4.28. The first kappa shape index (κ1) is 13.3. The molecular weight excluding hydrogens is 248 g/mol. The average molecular weight is 268 g/mol. The molecule has 20 heavy (non-hydrogen) atoms. The van der Waals surface area contributed by atoms with Crippen LogP contribution >= 0.6 is 0 Å². The van der Waals surface area contributed by atoms with Crippen LogP contribution in [0.15, 0.2) is 42.5 Å². The second-order valence-corrected chi connectivity index (χ2v) is 5.49. The first-order chi connectivity index (χ1) is 9.74. The van der Waals surface area contributed by atoms with E-state index in [1.165, 1.54) is 27.8 Å². The summed E-state index contributed by atoms with van der Waals surface area (Å²) < 4.78 is 11.1. The fraction of sp³-hybridized carbons (Fsp3) is 0.333. The van der Waals surface area contributed by atoms with Crippen molar-refractivity contribution in [1.82, 2.24) is 0 Å². The molecule has 0 bridgehead atoms. The predicted octanol–water partition coefficient (Wildman–Crippen LogP) is 3.55. The Morgan fingerprint density at radius 1 is 0.850 bits per heavy atom. The Morgan fingerprint density at radius 3 is 2.20 bits per heavy atom. The lowest BCUT2D eigenvalue weighted by molar-refractivity contribution is 0.0814. The fourth-order valence-electron chi connectivity index (χ4n) is 3.53. The molecule has 3 rings (SSSR count). The highest BCUT2D eigenvalue weighted by molar-refractivity contribution is 5.83. The zero-order valence-corrected chi connectivity index (χ0v) is 12.3. The molecule has 0 aliphatic heterocycles. The molecular formula is C18H20O2. The molecule has 0 aromatic heterocycles. The van der Waals surface area contributed by atoms with E-state index in [-0.39, 0.29) is 5.41 Å². The Labute approximate surface area is 120 Å². The van der Waals surface area contributed by atoms with Crippen LogP contribution in [0.4, 0.5) is 0 Å². The van der Waals surface area contributed by atoms with E-state index in [9.17, 15) is 0 Å². The molecule has 0 unspecified atom stereocenters. The highest BCUT2D eigenvalue weighted by Gasteiger charge is 2.43. The quantitative estimate of drug-likeness (QED) is 0.844. The number of aryl methyl sites for hydroxylation is 1. The van der Waals surface area contributed by atoms with Gasteiger partial charge < -0.3 is 9.47 Å². The Morgan fingerprint density at radius 2 is 1.50 bits per heavy atom. The molecule has 2 heteroatoms. The first-order valence-corrected chi connectivity index (χ1v) is 6.92. The Bertz CT molecular complexity index is 625. The first-order valence-electron chi connectivity index (χ1n) is 6.92. The van der Waals surface area contributed by atoms with Crippen molar-refractivity contribution in [2.45, 2.75) is 12.3 Å².